The summed E-state index contributed by atoms with van der Waals surface area (Å²) in [5.41, 5.74) is 0.783. The molecule has 30 heavy (non-hydrogen) atoms. The van der Waals surface area contributed by atoms with Gasteiger partial charge in [-0.05, 0) is 37.3 Å². The molecule has 4 rings (SSSR count). The van der Waals surface area contributed by atoms with Gasteiger partial charge in [-0.3, -0.25) is 4.79 Å². The highest BCUT2D eigenvalue weighted by molar-refractivity contribution is 7.90. The Kier molecular flexibility index (Phi) is 5.66. The minimum atomic E-state index is -3.25. The molecule has 9 heteroatoms. The summed E-state index contributed by atoms with van der Waals surface area (Å²) in [5, 5.41) is 0.844. The number of ether oxygens (including phenoxy) is 1. The fourth-order valence-electron chi connectivity index (χ4n) is 3.39. The standard InChI is InChI=1S/C21H23N3O4S2/c1-15(28-16-6-4-3-5-7-16)20(25)23-10-12-24(13-11-23)21-22-18-9-8-17(30(2,26)27)14-19(18)29-21/h3-9,14-15H,10-13H2,1-2H3. The first-order valence-corrected chi connectivity index (χ1v) is 12.4. The zero-order chi connectivity index (χ0) is 21.3. The van der Waals surface area contributed by atoms with Crippen LogP contribution in [0.25, 0.3) is 10.2 Å². The molecule has 1 atom stereocenters. The minimum Gasteiger partial charge on any atom is -0.481 e. The molecule has 1 saturated heterocycles. The van der Waals surface area contributed by atoms with Crippen molar-refractivity contribution in [1.82, 2.24) is 9.88 Å². The van der Waals surface area contributed by atoms with Gasteiger partial charge < -0.3 is 14.5 Å². The number of hydrogen-bond donors (Lipinski definition) is 0. The Morgan fingerprint density at radius 3 is 2.47 bits per heavy atom. The highest BCUT2D eigenvalue weighted by Gasteiger charge is 2.27. The van der Waals surface area contributed by atoms with E-state index in [2.05, 4.69) is 9.88 Å². The fourth-order valence-corrected chi connectivity index (χ4v) is 5.17. The van der Waals surface area contributed by atoms with E-state index in [4.69, 9.17) is 4.74 Å². The third-order valence-corrected chi connectivity index (χ3v) is 7.23. The Morgan fingerprint density at radius 2 is 1.80 bits per heavy atom. The summed E-state index contributed by atoms with van der Waals surface area (Å²) < 4.78 is 30.2. The highest BCUT2D eigenvalue weighted by Crippen LogP contribution is 2.31. The summed E-state index contributed by atoms with van der Waals surface area (Å²) in [7, 11) is -3.25. The van der Waals surface area contributed by atoms with Gasteiger partial charge in [-0.25, -0.2) is 13.4 Å². The SMILES string of the molecule is CC(Oc1ccccc1)C(=O)N1CCN(c2nc3ccc(S(C)(=O)=O)cc3s2)CC1. The van der Waals surface area contributed by atoms with Gasteiger partial charge in [0.1, 0.15) is 5.75 Å². The topological polar surface area (TPSA) is 79.8 Å². The predicted molar refractivity (Wildman–Crippen MR) is 118 cm³/mol. The van der Waals surface area contributed by atoms with Gasteiger partial charge in [0, 0.05) is 32.4 Å². The maximum absolute atomic E-state index is 12.7. The second-order valence-corrected chi connectivity index (χ2v) is 10.3. The van der Waals surface area contributed by atoms with Crippen molar-refractivity contribution in [3.8, 4) is 5.75 Å². The number of nitrogens with zero attached hydrogens (tertiary/aromatic N) is 3. The minimum absolute atomic E-state index is 0.0272. The van der Waals surface area contributed by atoms with Gasteiger partial charge in [0.05, 0.1) is 15.1 Å². The molecule has 1 amide bonds. The molecule has 0 N–H and O–H groups in total. The molecule has 0 spiro atoms. The van der Waals surface area contributed by atoms with Crippen molar-refractivity contribution < 1.29 is 17.9 Å². The van der Waals surface area contributed by atoms with Gasteiger partial charge in [-0.1, -0.05) is 29.5 Å². The van der Waals surface area contributed by atoms with E-state index >= 15 is 0 Å². The average molecular weight is 446 g/mol. The lowest BCUT2D eigenvalue weighted by Gasteiger charge is -2.35. The largest absolute Gasteiger partial charge is 0.481 e. The Hall–Kier alpha value is -2.65. The maximum Gasteiger partial charge on any atom is 0.263 e. The van der Waals surface area contributed by atoms with Crippen molar-refractivity contribution in [2.75, 3.05) is 37.3 Å². The van der Waals surface area contributed by atoms with E-state index in [0.717, 1.165) is 15.3 Å². The van der Waals surface area contributed by atoms with E-state index in [-0.39, 0.29) is 5.91 Å². The summed E-state index contributed by atoms with van der Waals surface area (Å²) >= 11 is 1.47. The number of piperazine rings is 1. The fraction of sp³-hybridized carbons (Fsp3) is 0.333. The molecule has 1 aliphatic rings. The van der Waals surface area contributed by atoms with Gasteiger partial charge in [-0.2, -0.15) is 0 Å². The number of carbonyl (C=O) groups is 1. The number of fused-ring (bicyclic) bond motifs is 1. The van der Waals surface area contributed by atoms with Crippen LogP contribution in [0.2, 0.25) is 0 Å². The molecule has 0 bridgehead atoms. The van der Waals surface area contributed by atoms with Crippen LogP contribution in [0.4, 0.5) is 5.13 Å². The Morgan fingerprint density at radius 1 is 1.10 bits per heavy atom. The van der Waals surface area contributed by atoms with E-state index in [1.807, 2.05) is 35.2 Å². The van der Waals surface area contributed by atoms with Crippen molar-refractivity contribution >= 4 is 42.4 Å². The van der Waals surface area contributed by atoms with Gasteiger partial charge in [-0.15, -0.1) is 0 Å². The van der Waals surface area contributed by atoms with Crippen molar-refractivity contribution in [2.24, 2.45) is 0 Å². The molecule has 1 aliphatic heterocycles. The molecule has 1 aromatic heterocycles. The monoisotopic (exact) mass is 445 g/mol. The molecule has 0 aliphatic carbocycles. The molecule has 1 unspecified atom stereocenters. The number of anilines is 1. The first kappa shape index (κ1) is 20.6. The van der Waals surface area contributed by atoms with Crippen LogP contribution in [0.15, 0.2) is 53.4 Å². The third kappa shape index (κ3) is 4.41. The normalized spacial score (nSPS) is 15.9. The number of para-hydroxylation sites is 1. The molecule has 158 valence electrons. The first-order valence-electron chi connectivity index (χ1n) is 9.67. The smallest absolute Gasteiger partial charge is 0.263 e. The van der Waals surface area contributed by atoms with E-state index in [1.165, 1.54) is 17.6 Å². The summed E-state index contributed by atoms with van der Waals surface area (Å²) in [5.74, 6) is 0.653. The molecule has 3 aromatic rings. The van der Waals surface area contributed by atoms with Gasteiger partial charge in [0.2, 0.25) is 0 Å². The van der Waals surface area contributed by atoms with E-state index in [0.29, 0.717) is 36.8 Å². The zero-order valence-corrected chi connectivity index (χ0v) is 18.4. The van der Waals surface area contributed by atoms with Gasteiger partial charge >= 0.3 is 0 Å². The quantitative estimate of drug-likeness (QED) is 0.601. The number of aromatic nitrogens is 1. The van der Waals surface area contributed by atoms with Crippen LogP contribution in [0.3, 0.4) is 0 Å². The second-order valence-electron chi connectivity index (χ2n) is 7.28. The van der Waals surface area contributed by atoms with Crippen LogP contribution >= 0.6 is 11.3 Å². The number of sulfone groups is 1. The first-order chi connectivity index (χ1) is 14.3. The van der Waals surface area contributed by atoms with E-state index < -0.39 is 15.9 Å². The van der Waals surface area contributed by atoms with E-state index in [9.17, 15) is 13.2 Å². The van der Waals surface area contributed by atoms with E-state index in [1.54, 1.807) is 25.1 Å². The van der Waals surface area contributed by atoms with Crippen LogP contribution < -0.4 is 9.64 Å². The van der Waals surface area contributed by atoms with Crippen LogP contribution in [0, 0.1) is 0 Å². The second kappa shape index (κ2) is 8.23. The van der Waals surface area contributed by atoms with Crippen molar-refractivity contribution in [3.63, 3.8) is 0 Å². The number of rotatable bonds is 5. The predicted octanol–water partition coefficient (Wildman–Crippen LogP) is 2.82. The maximum atomic E-state index is 12.7. The number of hydrogen-bond acceptors (Lipinski definition) is 7. The number of amides is 1. The lowest BCUT2D eigenvalue weighted by Crippen LogP contribution is -2.52. The Labute approximate surface area is 179 Å². The molecule has 7 nitrogen and oxygen atoms in total. The third-order valence-electron chi connectivity index (χ3n) is 5.04. The molecule has 2 aromatic carbocycles. The molecule has 0 saturated carbocycles. The lowest BCUT2D eigenvalue weighted by atomic mass is 10.2. The highest BCUT2D eigenvalue weighted by atomic mass is 32.2. The van der Waals surface area contributed by atoms with Crippen molar-refractivity contribution in [3.05, 3.63) is 48.5 Å². The molecule has 0 radical (unpaired) electrons. The van der Waals surface area contributed by atoms with Gasteiger partial charge in [0.25, 0.3) is 5.91 Å². The summed E-state index contributed by atoms with van der Waals surface area (Å²) in [6, 6.07) is 14.3. The Balaban J connectivity index is 1.40. The van der Waals surface area contributed by atoms with Crippen LogP contribution in [0.5, 0.6) is 5.75 Å². The number of thiazole rings is 1. The zero-order valence-electron chi connectivity index (χ0n) is 16.8. The summed E-state index contributed by atoms with van der Waals surface area (Å²) in [6.07, 6.45) is 0.658. The summed E-state index contributed by atoms with van der Waals surface area (Å²) in [4.78, 5) is 21.6. The Bertz CT molecular complexity index is 1150. The van der Waals surface area contributed by atoms with Crippen LogP contribution in [0.1, 0.15) is 6.92 Å². The lowest BCUT2D eigenvalue weighted by molar-refractivity contribution is -0.138. The average Bonchev–Trinajstić information content (AvgIpc) is 3.17. The molecular formula is C21H23N3O4S2. The van der Waals surface area contributed by atoms with Crippen LogP contribution in [-0.4, -0.2) is 62.7 Å². The molecular weight excluding hydrogens is 422 g/mol. The van der Waals surface area contributed by atoms with Crippen LogP contribution in [-0.2, 0) is 14.6 Å². The molecule has 2 heterocycles. The van der Waals surface area contributed by atoms with Crippen molar-refractivity contribution in [1.29, 1.82) is 0 Å². The number of benzene rings is 2. The number of carbonyl (C=O) groups excluding carboxylic acids is 1. The van der Waals surface area contributed by atoms with Gasteiger partial charge in [0.15, 0.2) is 21.1 Å². The molecule has 1 fully saturated rings. The van der Waals surface area contributed by atoms with Crippen molar-refractivity contribution in [2.45, 2.75) is 17.9 Å². The summed E-state index contributed by atoms with van der Waals surface area (Å²) in [6.45, 7) is 4.29.